The van der Waals surface area contributed by atoms with E-state index in [-0.39, 0.29) is 12.0 Å². The van der Waals surface area contributed by atoms with E-state index in [2.05, 4.69) is 4.90 Å². The molecule has 1 amide bonds. The lowest BCUT2D eigenvalue weighted by Gasteiger charge is -2.24. The van der Waals surface area contributed by atoms with Gasteiger partial charge in [0.25, 0.3) is 5.91 Å². The van der Waals surface area contributed by atoms with Crippen LogP contribution in [0.1, 0.15) is 32.6 Å². The van der Waals surface area contributed by atoms with Crippen molar-refractivity contribution in [2.45, 2.75) is 38.7 Å². The van der Waals surface area contributed by atoms with Crippen LogP contribution in [0.2, 0.25) is 0 Å². The summed E-state index contributed by atoms with van der Waals surface area (Å²) in [6, 6.07) is 0. The van der Waals surface area contributed by atoms with Gasteiger partial charge in [-0.15, -0.1) is 0 Å². The van der Waals surface area contributed by atoms with Gasteiger partial charge in [-0.25, -0.2) is 0 Å². The minimum Gasteiger partial charge on any atom is -0.372 e. The number of carbonyl (C=O) groups excluding carboxylic acids is 1. The number of hydrogen-bond donors (Lipinski definition) is 1. The fourth-order valence-electron chi connectivity index (χ4n) is 2.43. The molecule has 0 aliphatic carbocycles. The molecule has 1 aliphatic rings. The van der Waals surface area contributed by atoms with Crippen molar-refractivity contribution in [3.63, 3.8) is 0 Å². The van der Waals surface area contributed by atoms with Gasteiger partial charge in [0.05, 0.1) is 0 Å². The largest absolute Gasteiger partial charge is 0.372 e. The summed E-state index contributed by atoms with van der Waals surface area (Å²) >= 11 is 0. The van der Waals surface area contributed by atoms with Crippen LogP contribution >= 0.6 is 0 Å². The third-order valence-electron chi connectivity index (χ3n) is 3.78. The standard InChI is InChI=1S/C14H29N3O2/c1-13(19-2)14(18)17-10-6-9-16(11-12-17)8-5-3-4-7-15/h13H,3-12,15H2,1-2H3. The highest BCUT2D eigenvalue weighted by Gasteiger charge is 2.22. The van der Waals surface area contributed by atoms with Crippen molar-refractivity contribution < 1.29 is 9.53 Å². The molecule has 1 atom stereocenters. The van der Waals surface area contributed by atoms with Crippen molar-refractivity contribution in [2.75, 3.05) is 46.4 Å². The van der Waals surface area contributed by atoms with Crippen molar-refractivity contribution in [3.05, 3.63) is 0 Å². The zero-order chi connectivity index (χ0) is 14.1. The van der Waals surface area contributed by atoms with Gasteiger partial charge in [0.2, 0.25) is 0 Å². The number of nitrogens with zero attached hydrogens (tertiary/aromatic N) is 2. The molecule has 1 rings (SSSR count). The Morgan fingerprint density at radius 2 is 2.00 bits per heavy atom. The predicted octanol–water partition coefficient (Wildman–Crippen LogP) is 0.685. The first-order chi connectivity index (χ1) is 9.19. The van der Waals surface area contributed by atoms with E-state index in [0.717, 1.165) is 52.1 Å². The van der Waals surface area contributed by atoms with Crippen LogP contribution in [0.15, 0.2) is 0 Å². The summed E-state index contributed by atoms with van der Waals surface area (Å²) < 4.78 is 5.11. The van der Waals surface area contributed by atoms with E-state index in [9.17, 15) is 4.79 Å². The summed E-state index contributed by atoms with van der Waals surface area (Å²) in [4.78, 5) is 16.5. The molecule has 0 aromatic heterocycles. The molecule has 1 saturated heterocycles. The molecule has 2 N–H and O–H groups in total. The normalized spacial score (nSPS) is 19.2. The van der Waals surface area contributed by atoms with Crippen LogP contribution < -0.4 is 5.73 Å². The van der Waals surface area contributed by atoms with E-state index in [4.69, 9.17) is 10.5 Å². The molecule has 19 heavy (non-hydrogen) atoms. The molecule has 112 valence electrons. The minimum absolute atomic E-state index is 0.118. The minimum atomic E-state index is -0.323. The second-order valence-electron chi connectivity index (χ2n) is 5.25. The van der Waals surface area contributed by atoms with Crippen molar-refractivity contribution in [1.29, 1.82) is 0 Å². The number of unbranched alkanes of at least 4 members (excludes halogenated alkanes) is 2. The second-order valence-corrected chi connectivity index (χ2v) is 5.25. The Bertz CT molecular complexity index is 261. The van der Waals surface area contributed by atoms with Gasteiger partial charge in [0, 0.05) is 26.7 Å². The fraction of sp³-hybridized carbons (Fsp3) is 0.929. The third kappa shape index (κ3) is 5.89. The Hall–Kier alpha value is -0.650. The molecule has 1 fully saturated rings. The molecule has 1 heterocycles. The van der Waals surface area contributed by atoms with Crippen molar-refractivity contribution in [3.8, 4) is 0 Å². The SMILES string of the molecule is COC(C)C(=O)N1CCCN(CCCCCN)CC1. The number of rotatable bonds is 7. The molecule has 0 radical (unpaired) electrons. The number of carbonyl (C=O) groups is 1. The van der Waals surface area contributed by atoms with E-state index in [1.54, 1.807) is 7.11 Å². The number of ether oxygens (including phenoxy) is 1. The van der Waals surface area contributed by atoms with Crippen molar-refractivity contribution in [2.24, 2.45) is 5.73 Å². The molecule has 1 unspecified atom stereocenters. The molecule has 0 bridgehead atoms. The lowest BCUT2D eigenvalue weighted by molar-refractivity contribution is -0.140. The van der Waals surface area contributed by atoms with Crippen LogP contribution in [0.4, 0.5) is 0 Å². The monoisotopic (exact) mass is 271 g/mol. The first-order valence-corrected chi connectivity index (χ1v) is 7.43. The molecular weight excluding hydrogens is 242 g/mol. The predicted molar refractivity (Wildman–Crippen MR) is 77.0 cm³/mol. The Morgan fingerprint density at radius 3 is 2.68 bits per heavy atom. The van der Waals surface area contributed by atoms with Gasteiger partial charge < -0.3 is 20.3 Å². The van der Waals surface area contributed by atoms with E-state index >= 15 is 0 Å². The van der Waals surface area contributed by atoms with Crippen LogP contribution in [0.5, 0.6) is 0 Å². The van der Waals surface area contributed by atoms with Crippen LogP contribution in [0.25, 0.3) is 0 Å². The van der Waals surface area contributed by atoms with Gasteiger partial charge in [0.15, 0.2) is 0 Å². The van der Waals surface area contributed by atoms with Gasteiger partial charge >= 0.3 is 0 Å². The van der Waals surface area contributed by atoms with Crippen molar-refractivity contribution in [1.82, 2.24) is 9.80 Å². The first kappa shape index (κ1) is 16.4. The van der Waals surface area contributed by atoms with Gasteiger partial charge in [0.1, 0.15) is 6.10 Å². The Morgan fingerprint density at radius 1 is 1.21 bits per heavy atom. The van der Waals surface area contributed by atoms with Crippen molar-refractivity contribution >= 4 is 5.91 Å². The summed E-state index contributed by atoms with van der Waals surface area (Å²) in [5, 5.41) is 0. The Balaban J connectivity index is 2.29. The maximum absolute atomic E-state index is 12.1. The lowest BCUT2D eigenvalue weighted by Crippen LogP contribution is -2.41. The highest BCUT2D eigenvalue weighted by Crippen LogP contribution is 2.07. The highest BCUT2D eigenvalue weighted by atomic mass is 16.5. The maximum Gasteiger partial charge on any atom is 0.251 e. The van der Waals surface area contributed by atoms with Crippen LogP contribution in [0, 0.1) is 0 Å². The summed E-state index contributed by atoms with van der Waals surface area (Å²) in [6.07, 6.45) is 4.26. The zero-order valence-electron chi connectivity index (χ0n) is 12.4. The average Bonchev–Trinajstić information content (AvgIpc) is 2.67. The number of amides is 1. The lowest BCUT2D eigenvalue weighted by atomic mass is 10.2. The van der Waals surface area contributed by atoms with E-state index in [1.807, 2.05) is 11.8 Å². The number of nitrogens with two attached hydrogens (primary N) is 1. The van der Waals surface area contributed by atoms with Crippen LogP contribution in [-0.4, -0.2) is 68.2 Å². The molecule has 0 saturated carbocycles. The Kier molecular flexibility index (Phi) is 8.02. The fourth-order valence-corrected chi connectivity index (χ4v) is 2.43. The zero-order valence-corrected chi connectivity index (χ0v) is 12.4. The molecule has 0 spiro atoms. The summed E-state index contributed by atoms with van der Waals surface area (Å²) in [5.74, 6) is 0.118. The van der Waals surface area contributed by atoms with Gasteiger partial charge in [-0.3, -0.25) is 4.79 Å². The van der Waals surface area contributed by atoms with Gasteiger partial charge in [-0.1, -0.05) is 6.42 Å². The molecule has 0 aromatic carbocycles. The topological polar surface area (TPSA) is 58.8 Å². The molecule has 5 heteroatoms. The van der Waals surface area contributed by atoms with Gasteiger partial charge in [-0.05, 0) is 45.8 Å². The maximum atomic E-state index is 12.1. The summed E-state index contributed by atoms with van der Waals surface area (Å²) in [7, 11) is 1.59. The average molecular weight is 271 g/mol. The highest BCUT2D eigenvalue weighted by molar-refractivity contribution is 5.80. The first-order valence-electron chi connectivity index (χ1n) is 7.43. The molecule has 0 aromatic rings. The van der Waals surface area contributed by atoms with Crippen LogP contribution in [-0.2, 0) is 9.53 Å². The second kappa shape index (κ2) is 9.28. The molecule has 1 aliphatic heterocycles. The Labute approximate surface area is 117 Å². The number of hydrogen-bond acceptors (Lipinski definition) is 4. The van der Waals surface area contributed by atoms with E-state index in [1.165, 1.54) is 12.8 Å². The summed E-state index contributed by atoms with van der Waals surface area (Å²) in [6.45, 7) is 7.48. The van der Waals surface area contributed by atoms with E-state index in [0.29, 0.717) is 0 Å². The van der Waals surface area contributed by atoms with Crippen LogP contribution in [0.3, 0.4) is 0 Å². The van der Waals surface area contributed by atoms with E-state index < -0.39 is 0 Å². The quantitative estimate of drug-likeness (QED) is 0.692. The smallest absolute Gasteiger partial charge is 0.251 e. The summed E-state index contributed by atoms with van der Waals surface area (Å²) in [5.41, 5.74) is 5.50. The molecular formula is C14H29N3O2. The molecule has 5 nitrogen and oxygen atoms in total. The number of methoxy groups -OCH3 is 1. The third-order valence-corrected chi connectivity index (χ3v) is 3.78. The van der Waals surface area contributed by atoms with Gasteiger partial charge in [-0.2, -0.15) is 0 Å².